The van der Waals surface area contributed by atoms with E-state index in [-0.39, 0.29) is 30.9 Å². The second-order valence-corrected chi connectivity index (χ2v) is 8.15. The Labute approximate surface area is 191 Å². The standard InChI is InChI=1S/C23H25ClN4O4/c24-17-5-3-6-18(15-17)25-23(31)27-11-4-10-26(13-14-27)21(29)9-12-28-19-7-1-2-8-20(19)32-16-22(28)30/h1-3,5-8,15H,4,9-14,16H2,(H,25,31). The number of carbonyl (C=O) groups is 3. The molecule has 0 unspecified atom stereocenters. The average molecular weight is 457 g/mol. The van der Waals surface area contributed by atoms with E-state index in [0.29, 0.717) is 61.3 Å². The first-order valence-electron chi connectivity index (χ1n) is 10.6. The van der Waals surface area contributed by atoms with Crippen LogP contribution < -0.4 is 15.0 Å². The lowest BCUT2D eigenvalue weighted by molar-refractivity contribution is -0.131. The summed E-state index contributed by atoms with van der Waals surface area (Å²) in [6.07, 6.45) is 0.906. The van der Waals surface area contributed by atoms with Crippen LogP contribution in [0.25, 0.3) is 0 Å². The number of rotatable bonds is 4. The number of ether oxygens (including phenoxy) is 1. The lowest BCUT2D eigenvalue weighted by atomic mass is 10.2. The van der Waals surface area contributed by atoms with Crippen molar-refractivity contribution in [2.24, 2.45) is 0 Å². The van der Waals surface area contributed by atoms with Gasteiger partial charge >= 0.3 is 6.03 Å². The van der Waals surface area contributed by atoms with Gasteiger partial charge < -0.3 is 24.8 Å². The van der Waals surface area contributed by atoms with Crippen LogP contribution in [0.15, 0.2) is 48.5 Å². The fraction of sp³-hybridized carbons (Fsp3) is 0.348. The zero-order valence-corrected chi connectivity index (χ0v) is 18.4. The molecule has 1 saturated heterocycles. The molecule has 8 nitrogen and oxygen atoms in total. The van der Waals surface area contributed by atoms with Crippen LogP contribution in [0.3, 0.4) is 0 Å². The summed E-state index contributed by atoms with van der Waals surface area (Å²) in [5.74, 6) is 0.464. The maximum Gasteiger partial charge on any atom is 0.321 e. The Balaban J connectivity index is 1.30. The van der Waals surface area contributed by atoms with Crippen molar-refractivity contribution < 1.29 is 19.1 Å². The molecule has 2 heterocycles. The van der Waals surface area contributed by atoms with Crippen LogP contribution in [0.4, 0.5) is 16.2 Å². The minimum atomic E-state index is -0.211. The second-order valence-electron chi connectivity index (χ2n) is 7.71. The Kier molecular flexibility index (Phi) is 6.80. The van der Waals surface area contributed by atoms with Crippen molar-refractivity contribution in [1.82, 2.24) is 9.80 Å². The second kappa shape index (κ2) is 9.91. The fourth-order valence-corrected chi connectivity index (χ4v) is 4.09. The number of urea groups is 1. The van der Waals surface area contributed by atoms with E-state index in [4.69, 9.17) is 16.3 Å². The first kappa shape index (κ1) is 22.0. The number of hydrogen-bond donors (Lipinski definition) is 1. The predicted molar refractivity (Wildman–Crippen MR) is 122 cm³/mol. The molecular formula is C23H25ClN4O4. The van der Waals surface area contributed by atoms with E-state index in [0.717, 1.165) is 0 Å². The molecule has 0 bridgehead atoms. The molecule has 2 aromatic carbocycles. The van der Waals surface area contributed by atoms with Crippen molar-refractivity contribution in [3.8, 4) is 5.75 Å². The lowest BCUT2D eigenvalue weighted by Gasteiger charge is -2.30. The smallest absolute Gasteiger partial charge is 0.321 e. The van der Waals surface area contributed by atoms with Gasteiger partial charge in [0.2, 0.25) is 5.91 Å². The quantitative estimate of drug-likeness (QED) is 0.765. The number of anilines is 2. The van der Waals surface area contributed by atoms with Crippen molar-refractivity contribution in [1.29, 1.82) is 0 Å². The Morgan fingerprint density at radius 3 is 2.62 bits per heavy atom. The summed E-state index contributed by atoms with van der Waals surface area (Å²) >= 11 is 5.98. The third-order valence-corrected chi connectivity index (χ3v) is 5.80. The summed E-state index contributed by atoms with van der Waals surface area (Å²) in [6.45, 7) is 2.31. The van der Waals surface area contributed by atoms with Crippen molar-refractivity contribution in [2.45, 2.75) is 12.8 Å². The van der Waals surface area contributed by atoms with Crippen molar-refractivity contribution in [3.63, 3.8) is 0 Å². The van der Waals surface area contributed by atoms with Crippen LogP contribution in [-0.2, 0) is 9.59 Å². The number of halogens is 1. The van der Waals surface area contributed by atoms with E-state index < -0.39 is 0 Å². The van der Waals surface area contributed by atoms with E-state index in [9.17, 15) is 14.4 Å². The van der Waals surface area contributed by atoms with Gasteiger partial charge in [0.15, 0.2) is 6.61 Å². The zero-order valence-electron chi connectivity index (χ0n) is 17.6. The first-order chi connectivity index (χ1) is 15.5. The van der Waals surface area contributed by atoms with Gasteiger partial charge in [-0.3, -0.25) is 9.59 Å². The van der Waals surface area contributed by atoms with Crippen LogP contribution in [0, 0.1) is 0 Å². The molecule has 0 spiro atoms. The van der Waals surface area contributed by atoms with Gasteiger partial charge in [0.1, 0.15) is 5.75 Å². The molecule has 4 amide bonds. The van der Waals surface area contributed by atoms with Crippen molar-refractivity contribution in [3.05, 3.63) is 53.6 Å². The zero-order chi connectivity index (χ0) is 22.5. The monoisotopic (exact) mass is 456 g/mol. The van der Waals surface area contributed by atoms with Crippen LogP contribution in [0.2, 0.25) is 5.02 Å². The largest absolute Gasteiger partial charge is 0.482 e. The van der Waals surface area contributed by atoms with E-state index in [1.54, 1.807) is 39.0 Å². The van der Waals surface area contributed by atoms with Gasteiger partial charge in [-0.2, -0.15) is 0 Å². The molecule has 2 aliphatic rings. The molecule has 1 N–H and O–H groups in total. The molecule has 2 aromatic rings. The minimum absolute atomic E-state index is 0.0222. The van der Waals surface area contributed by atoms with Crippen molar-refractivity contribution >= 4 is 40.8 Å². The van der Waals surface area contributed by atoms with E-state index in [1.807, 2.05) is 24.3 Å². The number of fused-ring (bicyclic) bond motifs is 1. The highest BCUT2D eigenvalue weighted by Crippen LogP contribution is 2.31. The van der Waals surface area contributed by atoms with Gasteiger partial charge in [0.25, 0.3) is 5.91 Å². The van der Waals surface area contributed by atoms with Crippen LogP contribution in [0.1, 0.15) is 12.8 Å². The summed E-state index contributed by atoms with van der Waals surface area (Å²) in [5.41, 5.74) is 1.33. The highest BCUT2D eigenvalue weighted by atomic mass is 35.5. The normalized spacial score (nSPS) is 16.2. The summed E-state index contributed by atoms with van der Waals surface area (Å²) in [7, 11) is 0. The molecule has 4 rings (SSSR count). The number of nitrogens with zero attached hydrogens (tertiary/aromatic N) is 3. The van der Waals surface area contributed by atoms with Crippen LogP contribution in [0.5, 0.6) is 5.75 Å². The average Bonchev–Trinajstić information content (AvgIpc) is 3.05. The summed E-state index contributed by atoms with van der Waals surface area (Å²) in [4.78, 5) is 42.8. The SMILES string of the molecule is O=C(CCN1C(=O)COc2ccccc21)N1CCCN(C(=O)Nc2cccc(Cl)c2)CC1. The molecule has 0 aliphatic carbocycles. The summed E-state index contributed by atoms with van der Waals surface area (Å²) in [5, 5.41) is 3.40. The molecular weight excluding hydrogens is 432 g/mol. The molecule has 0 atom stereocenters. The Morgan fingerprint density at radius 1 is 1.00 bits per heavy atom. The van der Waals surface area contributed by atoms with Crippen LogP contribution in [-0.4, -0.2) is 67.0 Å². The van der Waals surface area contributed by atoms with Crippen molar-refractivity contribution in [2.75, 3.05) is 49.5 Å². The molecule has 32 heavy (non-hydrogen) atoms. The molecule has 0 radical (unpaired) electrons. The highest BCUT2D eigenvalue weighted by molar-refractivity contribution is 6.30. The molecule has 0 aromatic heterocycles. The molecule has 2 aliphatic heterocycles. The van der Waals surface area contributed by atoms with E-state index in [2.05, 4.69) is 5.32 Å². The summed E-state index contributed by atoms with van der Waals surface area (Å²) in [6, 6.07) is 14.1. The van der Waals surface area contributed by atoms with Gasteiger partial charge in [-0.25, -0.2) is 4.79 Å². The number of nitrogens with one attached hydrogen (secondary N) is 1. The Hall–Kier alpha value is -3.26. The Bertz CT molecular complexity index is 1010. The Morgan fingerprint density at radius 2 is 1.78 bits per heavy atom. The first-order valence-corrected chi connectivity index (χ1v) is 11.0. The van der Waals surface area contributed by atoms with Gasteiger partial charge in [0, 0.05) is 49.9 Å². The number of hydrogen-bond acceptors (Lipinski definition) is 4. The van der Waals surface area contributed by atoms with Gasteiger partial charge in [-0.15, -0.1) is 0 Å². The maximum atomic E-state index is 12.8. The van der Waals surface area contributed by atoms with E-state index in [1.165, 1.54) is 0 Å². The van der Waals surface area contributed by atoms with Gasteiger partial charge in [-0.05, 0) is 36.8 Å². The van der Waals surface area contributed by atoms with E-state index >= 15 is 0 Å². The summed E-state index contributed by atoms with van der Waals surface area (Å²) < 4.78 is 5.45. The molecule has 1 fully saturated rings. The maximum absolute atomic E-state index is 12.8. The molecule has 168 valence electrons. The number of carbonyl (C=O) groups excluding carboxylic acids is 3. The minimum Gasteiger partial charge on any atom is -0.482 e. The number of benzene rings is 2. The van der Waals surface area contributed by atoms with Crippen LogP contribution >= 0.6 is 11.6 Å². The molecule has 0 saturated carbocycles. The van der Waals surface area contributed by atoms with Gasteiger partial charge in [-0.1, -0.05) is 29.8 Å². The predicted octanol–water partition coefficient (Wildman–Crippen LogP) is 3.22. The topological polar surface area (TPSA) is 82.2 Å². The highest BCUT2D eigenvalue weighted by Gasteiger charge is 2.27. The molecule has 9 heteroatoms. The number of para-hydroxylation sites is 2. The third-order valence-electron chi connectivity index (χ3n) is 5.57. The van der Waals surface area contributed by atoms with Gasteiger partial charge in [0.05, 0.1) is 5.69 Å². The lowest BCUT2D eigenvalue weighted by Crippen LogP contribution is -2.42. The third kappa shape index (κ3) is 5.13. The number of amides is 4. The fourth-order valence-electron chi connectivity index (χ4n) is 3.90.